The van der Waals surface area contributed by atoms with Crippen LogP contribution in [0.3, 0.4) is 0 Å². The van der Waals surface area contributed by atoms with Crippen molar-refractivity contribution in [2.45, 2.75) is 70.7 Å². The summed E-state index contributed by atoms with van der Waals surface area (Å²) < 4.78 is 4.88. The van der Waals surface area contributed by atoms with Gasteiger partial charge in [-0.15, -0.1) is 0 Å². The van der Waals surface area contributed by atoms with Crippen LogP contribution in [0.2, 0.25) is 0 Å². The van der Waals surface area contributed by atoms with Gasteiger partial charge < -0.3 is 9.84 Å². The molecule has 0 aliphatic rings. The molecule has 0 spiro atoms. The fourth-order valence-corrected chi connectivity index (χ4v) is 2.04. The maximum Gasteiger partial charge on any atom is 0.330 e. The first kappa shape index (κ1) is 20.4. The van der Waals surface area contributed by atoms with E-state index in [4.69, 9.17) is 4.74 Å². The van der Waals surface area contributed by atoms with Crippen LogP contribution in [0.5, 0.6) is 0 Å². The standard InChI is InChI=1S/C17H29BrO3/c1-6-21-16(19)12-14(3)9-7-8-13(2)10-11-15(18)17(4,5)20/h8,12,15,20H,6-7,9-11H2,1-5H3/b13-8?,14-12+. The number of carbonyl (C=O) groups excluding carboxylic acids is 1. The summed E-state index contributed by atoms with van der Waals surface area (Å²) >= 11 is 3.52. The van der Waals surface area contributed by atoms with Gasteiger partial charge in [0.25, 0.3) is 0 Å². The highest BCUT2D eigenvalue weighted by atomic mass is 79.9. The maximum atomic E-state index is 11.3. The van der Waals surface area contributed by atoms with Gasteiger partial charge in [-0.25, -0.2) is 4.79 Å². The van der Waals surface area contributed by atoms with Crippen LogP contribution < -0.4 is 0 Å². The third-order valence-electron chi connectivity index (χ3n) is 3.24. The van der Waals surface area contributed by atoms with Gasteiger partial charge in [0.15, 0.2) is 0 Å². The molecule has 0 rings (SSSR count). The molecule has 0 saturated carbocycles. The van der Waals surface area contributed by atoms with Crippen LogP contribution in [0.4, 0.5) is 0 Å². The summed E-state index contributed by atoms with van der Waals surface area (Å²) in [5.74, 6) is -0.261. The number of alkyl halides is 1. The molecule has 0 fully saturated rings. The Kier molecular flexibility index (Phi) is 9.88. The Morgan fingerprint density at radius 1 is 1.29 bits per heavy atom. The lowest BCUT2D eigenvalue weighted by atomic mass is 9.98. The normalized spacial score (nSPS) is 15.0. The van der Waals surface area contributed by atoms with Gasteiger partial charge in [0.2, 0.25) is 0 Å². The highest BCUT2D eigenvalue weighted by Gasteiger charge is 2.23. The van der Waals surface area contributed by atoms with E-state index in [0.717, 1.165) is 31.3 Å². The third kappa shape index (κ3) is 10.7. The molecule has 4 heteroatoms. The number of hydrogen-bond acceptors (Lipinski definition) is 3. The van der Waals surface area contributed by atoms with E-state index < -0.39 is 5.60 Å². The van der Waals surface area contributed by atoms with E-state index in [9.17, 15) is 9.90 Å². The molecule has 0 aliphatic carbocycles. The molecule has 0 radical (unpaired) electrons. The second kappa shape index (κ2) is 10.2. The van der Waals surface area contributed by atoms with Crippen LogP contribution in [0.15, 0.2) is 23.3 Å². The van der Waals surface area contributed by atoms with Gasteiger partial charge in [0, 0.05) is 10.9 Å². The van der Waals surface area contributed by atoms with Crippen LogP contribution in [-0.4, -0.2) is 28.1 Å². The lowest BCUT2D eigenvalue weighted by molar-refractivity contribution is -0.137. The fraction of sp³-hybridized carbons (Fsp3) is 0.706. The zero-order valence-electron chi connectivity index (χ0n) is 13.9. The Bertz CT molecular complexity index is 378. The van der Waals surface area contributed by atoms with E-state index >= 15 is 0 Å². The quantitative estimate of drug-likeness (QED) is 0.284. The van der Waals surface area contributed by atoms with Crippen LogP contribution in [0.25, 0.3) is 0 Å². The number of allylic oxidation sites excluding steroid dienone is 3. The topological polar surface area (TPSA) is 46.5 Å². The van der Waals surface area contributed by atoms with Gasteiger partial charge in [0.1, 0.15) is 0 Å². The molecule has 0 amide bonds. The molecule has 0 aromatic heterocycles. The van der Waals surface area contributed by atoms with Gasteiger partial charge in [0.05, 0.1) is 12.2 Å². The first-order valence-electron chi connectivity index (χ1n) is 7.52. The average molecular weight is 361 g/mol. The van der Waals surface area contributed by atoms with Crippen molar-refractivity contribution in [2.24, 2.45) is 0 Å². The van der Waals surface area contributed by atoms with Crippen LogP contribution in [0.1, 0.15) is 60.3 Å². The number of rotatable bonds is 9. The Morgan fingerprint density at radius 3 is 2.43 bits per heavy atom. The number of halogens is 1. The van der Waals surface area contributed by atoms with E-state index in [1.165, 1.54) is 5.57 Å². The molecule has 0 heterocycles. The summed E-state index contributed by atoms with van der Waals surface area (Å²) in [7, 11) is 0. The highest BCUT2D eigenvalue weighted by Crippen LogP contribution is 2.24. The molecule has 3 nitrogen and oxygen atoms in total. The van der Waals surface area contributed by atoms with Gasteiger partial charge in [-0.2, -0.15) is 0 Å². The third-order valence-corrected chi connectivity index (χ3v) is 4.82. The number of aliphatic hydroxyl groups is 1. The molecule has 21 heavy (non-hydrogen) atoms. The van der Waals surface area contributed by atoms with Crippen LogP contribution >= 0.6 is 15.9 Å². The van der Waals surface area contributed by atoms with Crippen molar-refractivity contribution in [3.05, 3.63) is 23.3 Å². The summed E-state index contributed by atoms with van der Waals surface area (Å²) in [6, 6.07) is 0. The molecule has 122 valence electrons. The zero-order chi connectivity index (χ0) is 16.5. The van der Waals surface area contributed by atoms with Crippen LogP contribution in [0, 0.1) is 0 Å². The summed E-state index contributed by atoms with van der Waals surface area (Å²) in [6.45, 7) is 9.90. The number of carbonyl (C=O) groups is 1. The van der Waals surface area contributed by atoms with Crippen molar-refractivity contribution in [3.63, 3.8) is 0 Å². The Balaban J connectivity index is 4.11. The molecule has 1 N–H and O–H groups in total. The molecule has 1 atom stereocenters. The van der Waals surface area contributed by atoms with E-state index in [2.05, 4.69) is 28.9 Å². The highest BCUT2D eigenvalue weighted by molar-refractivity contribution is 9.09. The number of esters is 1. The minimum Gasteiger partial charge on any atom is -0.463 e. The van der Waals surface area contributed by atoms with Gasteiger partial charge in [-0.1, -0.05) is 33.2 Å². The van der Waals surface area contributed by atoms with Gasteiger partial charge in [-0.3, -0.25) is 0 Å². The Morgan fingerprint density at radius 2 is 1.90 bits per heavy atom. The molecule has 0 aliphatic heterocycles. The molecule has 0 bridgehead atoms. The van der Waals surface area contributed by atoms with Crippen molar-refractivity contribution < 1.29 is 14.6 Å². The summed E-state index contributed by atoms with van der Waals surface area (Å²) in [4.78, 5) is 11.4. The van der Waals surface area contributed by atoms with Crippen molar-refractivity contribution in [3.8, 4) is 0 Å². The monoisotopic (exact) mass is 360 g/mol. The maximum absolute atomic E-state index is 11.3. The fourth-order valence-electron chi connectivity index (χ4n) is 1.81. The summed E-state index contributed by atoms with van der Waals surface area (Å²) in [6.07, 6.45) is 7.41. The van der Waals surface area contributed by atoms with Gasteiger partial charge in [-0.05, 0) is 60.3 Å². The molecule has 0 aromatic carbocycles. The molecule has 0 saturated heterocycles. The smallest absolute Gasteiger partial charge is 0.330 e. The van der Waals surface area contributed by atoms with Crippen LogP contribution in [-0.2, 0) is 9.53 Å². The molecule has 1 unspecified atom stereocenters. The Hall–Kier alpha value is -0.610. The van der Waals surface area contributed by atoms with Crippen molar-refractivity contribution in [2.75, 3.05) is 6.61 Å². The van der Waals surface area contributed by atoms with E-state index in [1.807, 2.05) is 20.8 Å². The van der Waals surface area contributed by atoms with E-state index in [0.29, 0.717) is 6.61 Å². The first-order valence-corrected chi connectivity index (χ1v) is 8.44. The minimum absolute atomic E-state index is 0.0961. The number of ether oxygens (including phenoxy) is 1. The SMILES string of the molecule is CCOC(=O)/C=C(\C)CCC=C(C)CCC(Br)C(C)(C)O. The Labute approximate surface area is 137 Å². The predicted molar refractivity (Wildman–Crippen MR) is 91.6 cm³/mol. The second-order valence-electron chi connectivity index (χ2n) is 5.99. The van der Waals surface area contributed by atoms with Crippen molar-refractivity contribution >= 4 is 21.9 Å². The lowest BCUT2D eigenvalue weighted by Crippen LogP contribution is -2.31. The van der Waals surface area contributed by atoms with Crippen molar-refractivity contribution in [1.82, 2.24) is 0 Å². The lowest BCUT2D eigenvalue weighted by Gasteiger charge is -2.24. The van der Waals surface area contributed by atoms with Gasteiger partial charge >= 0.3 is 5.97 Å². The summed E-state index contributed by atoms with van der Waals surface area (Å²) in [5, 5.41) is 9.86. The first-order chi connectivity index (χ1) is 9.66. The summed E-state index contributed by atoms with van der Waals surface area (Å²) in [5.41, 5.74) is 1.65. The predicted octanol–water partition coefficient (Wildman–Crippen LogP) is 4.54. The molecular weight excluding hydrogens is 332 g/mol. The van der Waals surface area contributed by atoms with Crippen molar-refractivity contribution in [1.29, 1.82) is 0 Å². The average Bonchev–Trinajstić information content (AvgIpc) is 2.34. The second-order valence-corrected chi connectivity index (χ2v) is 7.10. The zero-order valence-corrected chi connectivity index (χ0v) is 15.5. The largest absolute Gasteiger partial charge is 0.463 e. The molecule has 0 aromatic rings. The minimum atomic E-state index is -0.695. The van der Waals surface area contributed by atoms with E-state index in [1.54, 1.807) is 13.0 Å². The van der Waals surface area contributed by atoms with E-state index in [-0.39, 0.29) is 10.8 Å². The number of hydrogen-bond donors (Lipinski definition) is 1. The molecular formula is C17H29BrO3.